The average molecular weight is 544 g/mol. The minimum absolute atomic E-state index is 0.0766. The fraction of sp³-hybridized carbons (Fsp3) is 0.467. The number of pyridine rings is 1. The number of H-pyrrole nitrogens is 1. The van der Waals surface area contributed by atoms with E-state index in [1.807, 2.05) is 35.9 Å². The zero-order chi connectivity index (χ0) is 27.6. The Labute approximate surface area is 233 Å². The molecule has 6 rings (SSSR count). The Hall–Kier alpha value is -3.76. The van der Waals surface area contributed by atoms with Crippen molar-refractivity contribution in [2.45, 2.75) is 52.3 Å². The summed E-state index contributed by atoms with van der Waals surface area (Å²) in [6.45, 7) is 11.4. The number of benzene rings is 2. The molecular weight excluding hydrogens is 506 g/mol. The van der Waals surface area contributed by atoms with E-state index in [4.69, 9.17) is 9.47 Å². The van der Waals surface area contributed by atoms with Crippen LogP contribution in [0.15, 0.2) is 47.3 Å². The van der Waals surface area contributed by atoms with Gasteiger partial charge in [-0.05, 0) is 85.5 Å². The van der Waals surface area contributed by atoms with Gasteiger partial charge in [0, 0.05) is 54.9 Å². The number of nitrogens with zero attached hydrogens (tertiary/aromatic N) is 6. The van der Waals surface area contributed by atoms with Crippen molar-refractivity contribution >= 4 is 16.6 Å². The molecule has 2 saturated heterocycles. The van der Waals surface area contributed by atoms with Crippen molar-refractivity contribution in [1.82, 2.24) is 30.1 Å². The lowest BCUT2D eigenvalue weighted by atomic mass is 10.0. The molecule has 4 aromatic rings. The fourth-order valence-electron chi connectivity index (χ4n) is 5.96. The molecule has 10 heteroatoms. The number of nitrogens with one attached hydrogen (secondary N) is 1. The molecule has 0 amide bonds. The topological polar surface area (TPSA) is 101 Å². The molecular formula is C30H37N7O3. The van der Waals surface area contributed by atoms with Crippen LogP contribution in [0.4, 0.5) is 5.69 Å². The molecule has 0 saturated carbocycles. The van der Waals surface area contributed by atoms with Crippen LogP contribution in [-0.4, -0.2) is 75.6 Å². The highest BCUT2D eigenvalue weighted by Gasteiger charge is 2.34. The van der Waals surface area contributed by atoms with Gasteiger partial charge in [-0.25, -0.2) is 4.68 Å². The van der Waals surface area contributed by atoms with Crippen LogP contribution < -0.4 is 15.2 Å². The maximum absolute atomic E-state index is 13.6. The maximum Gasteiger partial charge on any atom is 0.253 e. The summed E-state index contributed by atoms with van der Waals surface area (Å²) < 4.78 is 13.5. The molecule has 10 nitrogen and oxygen atoms in total. The van der Waals surface area contributed by atoms with E-state index in [2.05, 4.69) is 62.4 Å². The van der Waals surface area contributed by atoms with Crippen LogP contribution in [0.25, 0.3) is 10.9 Å². The van der Waals surface area contributed by atoms with Gasteiger partial charge in [-0.3, -0.25) is 9.69 Å². The van der Waals surface area contributed by atoms with Gasteiger partial charge >= 0.3 is 0 Å². The first-order valence-electron chi connectivity index (χ1n) is 14.2. The molecule has 210 valence electrons. The van der Waals surface area contributed by atoms with Gasteiger partial charge in [-0.1, -0.05) is 12.1 Å². The molecule has 2 aromatic carbocycles. The summed E-state index contributed by atoms with van der Waals surface area (Å²) in [7, 11) is 0. The van der Waals surface area contributed by atoms with E-state index in [0.29, 0.717) is 24.5 Å². The summed E-state index contributed by atoms with van der Waals surface area (Å²) in [6, 6.07) is 13.9. The smallest absolute Gasteiger partial charge is 0.253 e. The first-order chi connectivity index (χ1) is 19.5. The largest absolute Gasteiger partial charge is 0.494 e. The van der Waals surface area contributed by atoms with Gasteiger partial charge in [0.2, 0.25) is 0 Å². The highest BCUT2D eigenvalue weighted by atomic mass is 16.5. The second-order valence-electron chi connectivity index (χ2n) is 10.8. The molecule has 0 radical (unpaired) electrons. The molecule has 2 aromatic heterocycles. The van der Waals surface area contributed by atoms with E-state index in [0.717, 1.165) is 62.3 Å². The van der Waals surface area contributed by atoms with Crippen LogP contribution in [0.5, 0.6) is 5.75 Å². The Balaban J connectivity index is 1.37. The van der Waals surface area contributed by atoms with Crippen LogP contribution in [0.3, 0.4) is 0 Å². The zero-order valence-corrected chi connectivity index (χ0v) is 23.5. The first kappa shape index (κ1) is 26.5. The van der Waals surface area contributed by atoms with Crippen LogP contribution >= 0.6 is 0 Å². The lowest BCUT2D eigenvalue weighted by molar-refractivity contribution is 0.0906. The number of anilines is 1. The number of fused-ring (bicyclic) bond motifs is 1. The number of aryl methyl sites for hydroxylation is 2. The third-order valence-electron chi connectivity index (χ3n) is 8.04. The normalized spacial score (nSPS) is 18.9. The quantitative estimate of drug-likeness (QED) is 0.360. The summed E-state index contributed by atoms with van der Waals surface area (Å²) >= 11 is 0. The van der Waals surface area contributed by atoms with Crippen molar-refractivity contribution in [2.24, 2.45) is 0 Å². The number of ether oxygens (including phenoxy) is 2. The first-order valence-corrected chi connectivity index (χ1v) is 14.2. The molecule has 2 aliphatic heterocycles. The van der Waals surface area contributed by atoms with E-state index in [1.54, 1.807) is 0 Å². The zero-order valence-electron chi connectivity index (χ0n) is 23.5. The number of rotatable bonds is 8. The van der Waals surface area contributed by atoms with Crippen molar-refractivity contribution < 1.29 is 9.47 Å². The summed E-state index contributed by atoms with van der Waals surface area (Å²) in [5.74, 6) is 1.44. The van der Waals surface area contributed by atoms with Crippen molar-refractivity contribution in [3.63, 3.8) is 0 Å². The molecule has 40 heavy (non-hydrogen) atoms. The summed E-state index contributed by atoms with van der Waals surface area (Å²) in [5.41, 5.74) is 5.06. The third-order valence-corrected chi connectivity index (χ3v) is 8.04. The maximum atomic E-state index is 13.6. The lowest BCUT2D eigenvalue weighted by Gasteiger charge is -2.40. The van der Waals surface area contributed by atoms with E-state index < -0.39 is 6.04 Å². The molecule has 1 N–H and O–H groups in total. The fourth-order valence-corrected chi connectivity index (χ4v) is 5.96. The SMILES string of the molecule is CCOc1ccc2[nH]c(=O)c(C(c3nnnn3CC3CCCO3)N3CCN(c4cc(C)ccc4C)CC3)cc2c1. The lowest BCUT2D eigenvalue weighted by Crippen LogP contribution is -2.49. The predicted octanol–water partition coefficient (Wildman–Crippen LogP) is 3.62. The monoisotopic (exact) mass is 543 g/mol. The number of hydrogen-bond donors (Lipinski definition) is 1. The number of aromatic amines is 1. The van der Waals surface area contributed by atoms with Crippen molar-refractivity contribution in [2.75, 3.05) is 44.3 Å². The van der Waals surface area contributed by atoms with Gasteiger partial charge in [0.05, 0.1) is 19.3 Å². The highest BCUT2D eigenvalue weighted by molar-refractivity contribution is 5.80. The Bertz CT molecular complexity index is 1530. The van der Waals surface area contributed by atoms with Gasteiger partial charge in [-0.15, -0.1) is 5.10 Å². The van der Waals surface area contributed by atoms with Gasteiger partial charge in [-0.2, -0.15) is 0 Å². The second kappa shape index (κ2) is 11.4. The Kier molecular flexibility index (Phi) is 7.53. The standard InChI is InChI=1S/C30H37N7O3/c1-4-39-23-9-10-26-22(17-23)18-25(30(38)31-26)28(29-32-33-34-37(29)19-24-6-5-15-40-24)36-13-11-35(12-14-36)27-16-20(2)7-8-21(27)3/h7-10,16-18,24,28H,4-6,11-15,19H2,1-3H3,(H,31,38). The van der Waals surface area contributed by atoms with Crippen LogP contribution in [0.1, 0.15) is 48.3 Å². The summed E-state index contributed by atoms with van der Waals surface area (Å²) in [6.07, 6.45) is 2.10. The Morgan fingerprint density at radius 3 is 2.73 bits per heavy atom. The summed E-state index contributed by atoms with van der Waals surface area (Å²) in [4.78, 5) is 21.5. The predicted molar refractivity (Wildman–Crippen MR) is 154 cm³/mol. The third kappa shape index (κ3) is 5.33. The number of piperazine rings is 1. The second-order valence-corrected chi connectivity index (χ2v) is 10.8. The van der Waals surface area contributed by atoms with Crippen molar-refractivity contribution in [3.05, 3.63) is 75.3 Å². The average Bonchev–Trinajstić information content (AvgIpc) is 3.64. The van der Waals surface area contributed by atoms with E-state index in [-0.39, 0.29) is 11.7 Å². The highest BCUT2D eigenvalue weighted by Crippen LogP contribution is 2.31. The number of aromatic nitrogens is 5. The molecule has 0 aliphatic carbocycles. The Morgan fingerprint density at radius 2 is 1.95 bits per heavy atom. The van der Waals surface area contributed by atoms with Crippen molar-refractivity contribution in [1.29, 1.82) is 0 Å². The van der Waals surface area contributed by atoms with Gasteiger partial charge in [0.15, 0.2) is 5.82 Å². The Morgan fingerprint density at radius 1 is 1.10 bits per heavy atom. The van der Waals surface area contributed by atoms with E-state index in [1.165, 1.54) is 16.8 Å². The molecule has 2 atom stereocenters. The van der Waals surface area contributed by atoms with Crippen LogP contribution in [-0.2, 0) is 11.3 Å². The summed E-state index contributed by atoms with van der Waals surface area (Å²) in [5, 5.41) is 13.8. The molecule has 2 aliphatic rings. The van der Waals surface area contributed by atoms with Gasteiger partial charge in [0.1, 0.15) is 11.8 Å². The molecule has 2 unspecified atom stereocenters. The number of hydrogen-bond acceptors (Lipinski definition) is 8. The van der Waals surface area contributed by atoms with Crippen LogP contribution in [0.2, 0.25) is 0 Å². The molecule has 0 bridgehead atoms. The van der Waals surface area contributed by atoms with E-state index in [9.17, 15) is 4.79 Å². The van der Waals surface area contributed by atoms with E-state index >= 15 is 0 Å². The molecule has 2 fully saturated rings. The van der Waals surface area contributed by atoms with Crippen LogP contribution in [0, 0.1) is 13.8 Å². The van der Waals surface area contributed by atoms with Gasteiger partial charge < -0.3 is 19.4 Å². The molecule has 0 spiro atoms. The van der Waals surface area contributed by atoms with Gasteiger partial charge in [0.25, 0.3) is 5.56 Å². The van der Waals surface area contributed by atoms with Crippen molar-refractivity contribution in [3.8, 4) is 5.75 Å². The number of tetrazole rings is 1. The minimum atomic E-state index is -0.402. The molecule has 4 heterocycles. The minimum Gasteiger partial charge on any atom is -0.494 e.